The third-order valence-electron chi connectivity index (χ3n) is 4.94. The zero-order valence-corrected chi connectivity index (χ0v) is 17.7. The molecule has 6 heteroatoms. The van der Waals surface area contributed by atoms with Gasteiger partial charge in [0.25, 0.3) is 5.91 Å². The molecule has 2 aromatic carbocycles. The van der Waals surface area contributed by atoms with Crippen LogP contribution in [0.25, 0.3) is 10.9 Å². The van der Waals surface area contributed by atoms with Crippen molar-refractivity contribution in [2.75, 3.05) is 6.61 Å². The van der Waals surface area contributed by atoms with Crippen LogP contribution in [0.1, 0.15) is 21.7 Å². The van der Waals surface area contributed by atoms with E-state index in [9.17, 15) is 4.79 Å². The summed E-state index contributed by atoms with van der Waals surface area (Å²) in [6.45, 7) is 4.89. The lowest BCUT2D eigenvalue weighted by Gasteiger charge is -2.13. The van der Waals surface area contributed by atoms with Gasteiger partial charge in [-0.2, -0.15) is 0 Å². The molecule has 1 N–H and O–H groups in total. The van der Waals surface area contributed by atoms with Crippen LogP contribution in [0, 0.1) is 0 Å². The molecule has 4 rings (SSSR count). The maximum absolute atomic E-state index is 13.2. The SMILES string of the molecule is C=CCOc1cccc2c1cc(C(=O)NCc1ccccn1)n2Cc1ccccc1Cl. The number of aromatic nitrogens is 2. The second-order valence-corrected chi connectivity index (χ2v) is 7.41. The Bertz CT molecular complexity index is 1220. The number of hydrogen-bond donors (Lipinski definition) is 1. The van der Waals surface area contributed by atoms with Gasteiger partial charge in [-0.15, -0.1) is 0 Å². The van der Waals surface area contributed by atoms with Gasteiger partial charge in [0.15, 0.2) is 0 Å². The van der Waals surface area contributed by atoms with E-state index in [1.165, 1.54) is 0 Å². The van der Waals surface area contributed by atoms with Crippen LogP contribution in [-0.4, -0.2) is 22.1 Å². The van der Waals surface area contributed by atoms with Crippen LogP contribution in [0.5, 0.6) is 5.75 Å². The molecule has 0 aliphatic rings. The highest BCUT2D eigenvalue weighted by Crippen LogP contribution is 2.30. The lowest BCUT2D eigenvalue weighted by Crippen LogP contribution is -2.26. The molecule has 0 aliphatic carbocycles. The minimum Gasteiger partial charge on any atom is -0.489 e. The van der Waals surface area contributed by atoms with Crippen LogP contribution in [0.3, 0.4) is 0 Å². The molecule has 156 valence electrons. The number of halogens is 1. The minimum absolute atomic E-state index is 0.191. The molecule has 0 bridgehead atoms. The molecule has 0 unspecified atom stereocenters. The number of fused-ring (bicyclic) bond motifs is 1. The highest BCUT2D eigenvalue weighted by Gasteiger charge is 2.19. The van der Waals surface area contributed by atoms with Crippen molar-refractivity contribution in [3.8, 4) is 5.75 Å². The topological polar surface area (TPSA) is 56.1 Å². The van der Waals surface area contributed by atoms with Crippen molar-refractivity contribution >= 4 is 28.4 Å². The first-order valence-corrected chi connectivity index (χ1v) is 10.3. The van der Waals surface area contributed by atoms with E-state index in [0.29, 0.717) is 36.2 Å². The Hall–Kier alpha value is -3.57. The van der Waals surface area contributed by atoms with Crippen LogP contribution < -0.4 is 10.1 Å². The van der Waals surface area contributed by atoms with Crippen LogP contribution in [0.4, 0.5) is 0 Å². The van der Waals surface area contributed by atoms with Gasteiger partial charge >= 0.3 is 0 Å². The molecule has 0 saturated carbocycles. The maximum atomic E-state index is 13.2. The van der Waals surface area contributed by atoms with Gasteiger partial charge in [-0.1, -0.05) is 54.6 Å². The molecule has 31 heavy (non-hydrogen) atoms. The second kappa shape index (κ2) is 9.49. The number of benzene rings is 2. The first-order chi connectivity index (χ1) is 15.2. The fourth-order valence-corrected chi connectivity index (χ4v) is 3.65. The highest BCUT2D eigenvalue weighted by atomic mass is 35.5. The number of carbonyl (C=O) groups is 1. The molecule has 0 saturated heterocycles. The zero-order valence-electron chi connectivity index (χ0n) is 16.9. The molecule has 0 fully saturated rings. The molecule has 4 aromatic rings. The lowest BCUT2D eigenvalue weighted by molar-refractivity contribution is 0.0942. The Morgan fingerprint density at radius 2 is 1.97 bits per heavy atom. The van der Waals surface area contributed by atoms with E-state index in [0.717, 1.165) is 22.2 Å². The van der Waals surface area contributed by atoms with E-state index >= 15 is 0 Å². The Kier molecular flexibility index (Phi) is 6.34. The van der Waals surface area contributed by atoms with Gasteiger partial charge in [0.05, 0.1) is 17.8 Å². The predicted molar refractivity (Wildman–Crippen MR) is 124 cm³/mol. The summed E-state index contributed by atoms with van der Waals surface area (Å²) < 4.78 is 7.78. The Morgan fingerprint density at radius 3 is 2.74 bits per heavy atom. The summed E-state index contributed by atoms with van der Waals surface area (Å²) in [5.41, 5.74) is 3.14. The molecule has 0 aliphatic heterocycles. The van der Waals surface area contributed by atoms with Crippen LogP contribution >= 0.6 is 11.6 Å². The molecule has 2 heterocycles. The number of hydrogen-bond acceptors (Lipinski definition) is 3. The Labute approximate surface area is 185 Å². The van der Waals surface area contributed by atoms with Crippen molar-refractivity contribution in [1.29, 1.82) is 0 Å². The smallest absolute Gasteiger partial charge is 0.268 e. The summed E-state index contributed by atoms with van der Waals surface area (Å²) in [6, 6.07) is 20.9. The summed E-state index contributed by atoms with van der Waals surface area (Å²) in [7, 11) is 0. The van der Waals surface area contributed by atoms with Gasteiger partial charge in [0.2, 0.25) is 0 Å². The first-order valence-electron chi connectivity index (χ1n) is 9.95. The Balaban J connectivity index is 1.73. The standard InChI is InChI=1S/C25H22ClN3O2/c1-2-14-31-24-12-7-11-22-20(24)15-23(25(30)28-16-19-9-5-6-13-27-19)29(22)17-18-8-3-4-10-21(18)26/h2-13,15H,1,14,16-17H2,(H,28,30). The number of pyridine rings is 1. The van der Waals surface area contributed by atoms with Gasteiger partial charge in [-0.05, 0) is 42.0 Å². The molecule has 0 atom stereocenters. The maximum Gasteiger partial charge on any atom is 0.268 e. The van der Waals surface area contributed by atoms with Gasteiger partial charge < -0.3 is 14.6 Å². The molecule has 0 spiro atoms. The third-order valence-corrected chi connectivity index (χ3v) is 5.31. The lowest BCUT2D eigenvalue weighted by atomic mass is 10.2. The van der Waals surface area contributed by atoms with E-state index in [-0.39, 0.29) is 5.91 Å². The first kappa shape index (κ1) is 20.7. The number of carbonyl (C=O) groups excluding carboxylic acids is 1. The van der Waals surface area contributed by atoms with Crippen molar-refractivity contribution in [1.82, 2.24) is 14.9 Å². The second-order valence-electron chi connectivity index (χ2n) is 7.00. The third kappa shape index (κ3) is 4.62. The van der Waals surface area contributed by atoms with Crippen LogP contribution in [-0.2, 0) is 13.1 Å². The van der Waals surface area contributed by atoms with Gasteiger partial charge in [-0.25, -0.2) is 0 Å². The van der Waals surface area contributed by atoms with E-state index in [4.69, 9.17) is 16.3 Å². The number of amides is 1. The van der Waals surface area contributed by atoms with Gasteiger partial charge in [0, 0.05) is 23.2 Å². The summed E-state index contributed by atoms with van der Waals surface area (Å²) in [5.74, 6) is 0.512. The van der Waals surface area contributed by atoms with Crippen molar-refractivity contribution in [2.45, 2.75) is 13.1 Å². The molecule has 0 radical (unpaired) electrons. The zero-order chi connectivity index (χ0) is 21.6. The molecular weight excluding hydrogens is 410 g/mol. The molecule has 5 nitrogen and oxygen atoms in total. The van der Waals surface area contributed by atoms with Gasteiger partial charge in [0.1, 0.15) is 18.1 Å². The predicted octanol–water partition coefficient (Wildman–Crippen LogP) is 5.23. The average molecular weight is 432 g/mol. The van der Waals surface area contributed by atoms with Crippen molar-refractivity contribution < 1.29 is 9.53 Å². The summed E-state index contributed by atoms with van der Waals surface area (Å²) >= 11 is 6.41. The van der Waals surface area contributed by atoms with E-state index in [2.05, 4.69) is 16.9 Å². The highest BCUT2D eigenvalue weighted by molar-refractivity contribution is 6.31. The van der Waals surface area contributed by atoms with E-state index < -0.39 is 0 Å². The number of rotatable bonds is 8. The number of nitrogens with one attached hydrogen (secondary N) is 1. The van der Waals surface area contributed by atoms with E-state index in [1.807, 2.05) is 71.3 Å². The number of nitrogens with zero attached hydrogens (tertiary/aromatic N) is 2. The molecule has 2 aromatic heterocycles. The van der Waals surface area contributed by atoms with Gasteiger partial charge in [-0.3, -0.25) is 9.78 Å². The van der Waals surface area contributed by atoms with Crippen LogP contribution in [0.15, 0.2) is 85.6 Å². The van der Waals surface area contributed by atoms with Crippen molar-refractivity contribution in [3.63, 3.8) is 0 Å². The molecule has 1 amide bonds. The fourth-order valence-electron chi connectivity index (χ4n) is 3.45. The molecular formula is C25H22ClN3O2. The van der Waals surface area contributed by atoms with E-state index in [1.54, 1.807) is 12.3 Å². The summed E-state index contributed by atoms with van der Waals surface area (Å²) in [6.07, 6.45) is 3.40. The van der Waals surface area contributed by atoms with Crippen LogP contribution in [0.2, 0.25) is 5.02 Å². The monoisotopic (exact) mass is 431 g/mol. The number of ether oxygens (including phenoxy) is 1. The Morgan fingerprint density at radius 1 is 1.13 bits per heavy atom. The largest absolute Gasteiger partial charge is 0.489 e. The minimum atomic E-state index is -0.191. The summed E-state index contributed by atoms with van der Waals surface area (Å²) in [4.78, 5) is 17.4. The fraction of sp³-hybridized carbons (Fsp3) is 0.120. The normalized spacial score (nSPS) is 10.7. The quantitative estimate of drug-likeness (QED) is 0.388. The van der Waals surface area contributed by atoms with Crippen molar-refractivity contribution in [3.05, 3.63) is 108 Å². The summed E-state index contributed by atoms with van der Waals surface area (Å²) in [5, 5.41) is 4.48. The average Bonchev–Trinajstić information content (AvgIpc) is 3.17. The van der Waals surface area contributed by atoms with Crippen molar-refractivity contribution in [2.24, 2.45) is 0 Å².